The number of ether oxygens (including phenoxy) is 1. The van der Waals surface area contributed by atoms with Crippen molar-refractivity contribution < 1.29 is 14.3 Å². The molecule has 0 aromatic heterocycles. The van der Waals surface area contributed by atoms with E-state index in [2.05, 4.69) is 5.32 Å². The van der Waals surface area contributed by atoms with Crippen LogP contribution in [0.4, 0.5) is 4.79 Å². The van der Waals surface area contributed by atoms with E-state index < -0.39 is 0 Å². The van der Waals surface area contributed by atoms with E-state index in [0.29, 0.717) is 13.1 Å². The van der Waals surface area contributed by atoms with Crippen molar-refractivity contribution in [3.63, 3.8) is 0 Å². The first-order valence-electron chi connectivity index (χ1n) is 5.26. The molecular formula is C9H17BN2O3. The third kappa shape index (κ3) is 3.14. The molecule has 15 heavy (non-hydrogen) atoms. The van der Waals surface area contributed by atoms with Gasteiger partial charge in [0, 0.05) is 6.92 Å². The van der Waals surface area contributed by atoms with Gasteiger partial charge in [-0.2, -0.15) is 0 Å². The summed E-state index contributed by atoms with van der Waals surface area (Å²) in [5.41, 5.74) is 0. The summed E-state index contributed by atoms with van der Waals surface area (Å²) in [5, 5.41) is 2.64. The zero-order valence-corrected chi connectivity index (χ0v) is 9.45. The van der Waals surface area contributed by atoms with Crippen LogP contribution in [0.25, 0.3) is 0 Å². The average molecular weight is 212 g/mol. The Hall–Kier alpha value is -1.20. The fourth-order valence-electron chi connectivity index (χ4n) is 1.49. The van der Waals surface area contributed by atoms with E-state index in [1.807, 2.05) is 13.7 Å². The van der Waals surface area contributed by atoms with Crippen molar-refractivity contribution in [2.75, 3.05) is 13.1 Å². The number of amides is 2. The molecule has 0 radical (unpaired) electrons. The van der Waals surface area contributed by atoms with Gasteiger partial charge in [-0.25, -0.2) is 4.79 Å². The highest BCUT2D eigenvalue weighted by Crippen LogP contribution is 2.14. The van der Waals surface area contributed by atoms with Crippen LogP contribution in [0.5, 0.6) is 0 Å². The summed E-state index contributed by atoms with van der Waals surface area (Å²) in [6.45, 7) is 6.62. The Morgan fingerprint density at radius 1 is 1.73 bits per heavy atom. The maximum atomic E-state index is 11.4. The first kappa shape index (κ1) is 11.9. The van der Waals surface area contributed by atoms with E-state index in [1.54, 1.807) is 4.81 Å². The quantitative estimate of drug-likeness (QED) is 0.693. The lowest BCUT2D eigenvalue weighted by Gasteiger charge is -2.16. The van der Waals surface area contributed by atoms with Crippen molar-refractivity contribution in [3.05, 3.63) is 0 Å². The van der Waals surface area contributed by atoms with Gasteiger partial charge in [0.15, 0.2) is 0 Å². The van der Waals surface area contributed by atoms with E-state index in [1.165, 1.54) is 6.92 Å². The van der Waals surface area contributed by atoms with Crippen molar-refractivity contribution in [2.24, 2.45) is 0 Å². The van der Waals surface area contributed by atoms with Crippen molar-refractivity contribution in [3.8, 4) is 0 Å². The molecule has 2 amide bonds. The van der Waals surface area contributed by atoms with Crippen LogP contribution in [-0.4, -0.2) is 42.9 Å². The SMILES string of the molecule is CCB(C)N1C[C@H](CNC(C)=O)OC1=O. The summed E-state index contributed by atoms with van der Waals surface area (Å²) in [5.74, 6) is -0.104. The molecule has 1 heterocycles. The monoisotopic (exact) mass is 212 g/mol. The van der Waals surface area contributed by atoms with Crippen molar-refractivity contribution in [1.29, 1.82) is 0 Å². The van der Waals surface area contributed by atoms with Crippen LogP contribution in [-0.2, 0) is 9.53 Å². The van der Waals surface area contributed by atoms with E-state index >= 15 is 0 Å². The Balaban J connectivity index is 2.41. The topological polar surface area (TPSA) is 58.6 Å². The van der Waals surface area contributed by atoms with Crippen LogP contribution < -0.4 is 5.32 Å². The second-order valence-corrected chi connectivity index (χ2v) is 3.85. The van der Waals surface area contributed by atoms with Crippen molar-refractivity contribution in [2.45, 2.75) is 33.1 Å². The number of hydrogen-bond donors (Lipinski definition) is 1. The van der Waals surface area contributed by atoms with E-state index in [-0.39, 0.29) is 25.0 Å². The van der Waals surface area contributed by atoms with Gasteiger partial charge in [-0.15, -0.1) is 0 Å². The van der Waals surface area contributed by atoms with Gasteiger partial charge in [0.25, 0.3) is 6.85 Å². The number of nitrogens with zero attached hydrogens (tertiary/aromatic N) is 1. The molecule has 5 nitrogen and oxygen atoms in total. The average Bonchev–Trinajstić information content (AvgIpc) is 2.55. The summed E-state index contributed by atoms with van der Waals surface area (Å²) >= 11 is 0. The minimum atomic E-state index is -0.278. The molecule has 0 saturated carbocycles. The Bertz CT molecular complexity index is 260. The van der Waals surface area contributed by atoms with Crippen LogP contribution in [0.1, 0.15) is 13.8 Å². The minimum absolute atomic E-state index is 0.104. The van der Waals surface area contributed by atoms with Gasteiger partial charge < -0.3 is 14.9 Å². The predicted octanol–water partition coefficient (Wildman–Crippen LogP) is 0.584. The van der Waals surface area contributed by atoms with Crippen LogP contribution in [0.15, 0.2) is 0 Å². The maximum Gasteiger partial charge on any atom is 0.397 e. The van der Waals surface area contributed by atoms with Gasteiger partial charge in [0.1, 0.15) is 6.10 Å². The fraction of sp³-hybridized carbons (Fsp3) is 0.778. The predicted molar refractivity (Wildman–Crippen MR) is 57.8 cm³/mol. The highest BCUT2D eigenvalue weighted by molar-refractivity contribution is 6.57. The number of carbonyl (C=O) groups is 2. The highest BCUT2D eigenvalue weighted by Gasteiger charge is 2.34. The number of cyclic esters (lactones) is 1. The first-order chi connectivity index (χ1) is 7.04. The lowest BCUT2D eigenvalue weighted by atomic mass is 9.60. The molecule has 0 bridgehead atoms. The third-order valence-corrected chi connectivity index (χ3v) is 2.60. The summed E-state index contributed by atoms with van der Waals surface area (Å²) in [7, 11) is 0. The van der Waals surface area contributed by atoms with Gasteiger partial charge in [-0.05, 0) is 0 Å². The highest BCUT2D eigenvalue weighted by atomic mass is 16.6. The molecule has 1 N–H and O–H groups in total. The normalized spacial score (nSPS) is 20.1. The summed E-state index contributed by atoms with van der Waals surface area (Å²) in [6, 6.07) is 0. The molecule has 0 aliphatic carbocycles. The summed E-state index contributed by atoms with van der Waals surface area (Å²) < 4.78 is 5.12. The maximum absolute atomic E-state index is 11.4. The number of nitrogens with one attached hydrogen (secondary N) is 1. The molecule has 1 aliphatic rings. The second-order valence-electron chi connectivity index (χ2n) is 3.85. The Morgan fingerprint density at radius 2 is 2.40 bits per heavy atom. The lowest BCUT2D eigenvalue weighted by molar-refractivity contribution is -0.119. The molecule has 0 spiro atoms. The van der Waals surface area contributed by atoms with Crippen molar-refractivity contribution in [1.82, 2.24) is 10.1 Å². The zero-order chi connectivity index (χ0) is 11.4. The fourth-order valence-corrected chi connectivity index (χ4v) is 1.49. The Labute approximate surface area is 90.2 Å². The van der Waals surface area contributed by atoms with Gasteiger partial charge in [0.05, 0.1) is 13.1 Å². The Kier molecular flexibility index (Phi) is 4.00. The van der Waals surface area contributed by atoms with Crippen LogP contribution in [0.3, 0.4) is 0 Å². The lowest BCUT2D eigenvalue weighted by Crippen LogP contribution is -2.39. The van der Waals surface area contributed by atoms with Crippen LogP contribution >= 0.6 is 0 Å². The van der Waals surface area contributed by atoms with Gasteiger partial charge in [-0.1, -0.05) is 20.1 Å². The molecule has 0 aromatic rings. The standard InChI is InChI=1S/C9H17BN2O3/c1-4-10(3)12-6-8(15-9(12)14)5-11-7(2)13/h8H,4-6H2,1-3H3,(H,11,13)/t8-/m0/s1. The van der Waals surface area contributed by atoms with E-state index in [9.17, 15) is 9.59 Å². The molecule has 1 atom stereocenters. The van der Waals surface area contributed by atoms with Crippen LogP contribution in [0, 0.1) is 0 Å². The molecule has 0 unspecified atom stereocenters. The minimum Gasteiger partial charge on any atom is -0.443 e. The zero-order valence-electron chi connectivity index (χ0n) is 9.45. The third-order valence-electron chi connectivity index (χ3n) is 2.60. The molecule has 1 fully saturated rings. The number of carbonyl (C=O) groups excluding carboxylic acids is 2. The van der Waals surface area contributed by atoms with E-state index in [4.69, 9.17) is 4.74 Å². The molecule has 0 aromatic carbocycles. The molecule has 84 valence electrons. The second kappa shape index (κ2) is 5.05. The van der Waals surface area contributed by atoms with Gasteiger partial charge in [-0.3, -0.25) is 4.79 Å². The Morgan fingerprint density at radius 3 is 2.93 bits per heavy atom. The first-order valence-corrected chi connectivity index (χ1v) is 5.26. The largest absolute Gasteiger partial charge is 0.443 e. The smallest absolute Gasteiger partial charge is 0.397 e. The summed E-state index contributed by atoms with van der Waals surface area (Å²) in [4.78, 5) is 23.8. The number of rotatable bonds is 4. The molecule has 1 rings (SSSR count). The molecule has 1 aliphatic heterocycles. The van der Waals surface area contributed by atoms with Gasteiger partial charge in [0.2, 0.25) is 5.91 Å². The summed E-state index contributed by atoms with van der Waals surface area (Å²) in [6.07, 6.45) is 0.414. The number of hydrogen-bond acceptors (Lipinski definition) is 3. The molecule has 6 heteroatoms. The van der Waals surface area contributed by atoms with Gasteiger partial charge >= 0.3 is 6.09 Å². The van der Waals surface area contributed by atoms with Crippen molar-refractivity contribution >= 4 is 18.8 Å². The molecule has 1 saturated heterocycles. The molecular weight excluding hydrogens is 195 g/mol. The van der Waals surface area contributed by atoms with E-state index in [0.717, 1.165) is 6.32 Å². The van der Waals surface area contributed by atoms with Crippen LogP contribution in [0.2, 0.25) is 13.1 Å².